The fourth-order valence-corrected chi connectivity index (χ4v) is 2.08. The molecule has 1 aromatic rings. The van der Waals surface area contributed by atoms with Gasteiger partial charge in [-0.25, -0.2) is 0 Å². The third-order valence-corrected chi connectivity index (χ3v) is 3.34. The molecule has 5 nitrogen and oxygen atoms in total. The van der Waals surface area contributed by atoms with Gasteiger partial charge in [-0.3, -0.25) is 0 Å². The van der Waals surface area contributed by atoms with E-state index in [2.05, 4.69) is 34.4 Å². The zero-order chi connectivity index (χ0) is 13.0. The van der Waals surface area contributed by atoms with E-state index < -0.39 is 0 Å². The highest BCUT2D eigenvalue weighted by atomic mass is 16.5. The van der Waals surface area contributed by atoms with Crippen LogP contribution < -0.4 is 15.8 Å². The van der Waals surface area contributed by atoms with Crippen LogP contribution in [0.1, 0.15) is 19.8 Å². The minimum atomic E-state index is 0.230. The second-order valence-electron chi connectivity index (χ2n) is 4.69. The third kappa shape index (κ3) is 3.12. The first-order valence-corrected chi connectivity index (χ1v) is 6.29. The van der Waals surface area contributed by atoms with Crippen molar-refractivity contribution in [3.05, 3.63) is 18.2 Å². The molecule has 2 atom stereocenters. The second kappa shape index (κ2) is 5.71. The highest BCUT2D eigenvalue weighted by Crippen LogP contribution is 2.26. The van der Waals surface area contributed by atoms with Crippen LogP contribution in [0.4, 0.5) is 11.8 Å². The van der Waals surface area contributed by atoms with Crippen molar-refractivity contribution in [3.8, 4) is 5.88 Å². The van der Waals surface area contributed by atoms with E-state index in [0.29, 0.717) is 30.1 Å². The van der Waals surface area contributed by atoms with E-state index in [4.69, 9.17) is 10.5 Å². The van der Waals surface area contributed by atoms with Crippen LogP contribution >= 0.6 is 0 Å². The quantitative estimate of drug-likeness (QED) is 0.798. The fraction of sp³-hybridized carbons (Fsp3) is 0.538. The lowest BCUT2D eigenvalue weighted by molar-refractivity contribution is 0.193. The van der Waals surface area contributed by atoms with Gasteiger partial charge in [0.05, 0.1) is 6.61 Å². The predicted octanol–water partition coefficient (Wildman–Crippen LogP) is 2.08. The molecular formula is C13H20N4O. The van der Waals surface area contributed by atoms with Gasteiger partial charge < -0.3 is 15.8 Å². The van der Waals surface area contributed by atoms with Crippen LogP contribution in [-0.4, -0.2) is 23.6 Å². The SMILES string of the molecule is CNc1cc(OCC2CC=CCC2C)nc(N)n1. The summed E-state index contributed by atoms with van der Waals surface area (Å²) < 4.78 is 5.73. The lowest BCUT2D eigenvalue weighted by atomic mass is 9.85. The van der Waals surface area contributed by atoms with Gasteiger partial charge in [0.25, 0.3) is 0 Å². The van der Waals surface area contributed by atoms with E-state index in [1.54, 1.807) is 13.1 Å². The Kier molecular flexibility index (Phi) is 4.02. The van der Waals surface area contributed by atoms with Crippen molar-refractivity contribution in [2.45, 2.75) is 19.8 Å². The van der Waals surface area contributed by atoms with Crippen molar-refractivity contribution in [2.75, 3.05) is 24.7 Å². The normalized spacial score (nSPS) is 22.8. The minimum Gasteiger partial charge on any atom is -0.477 e. The van der Waals surface area contributed by atoms with Crippen LogP contribution in [0.3, 0.4) is 0 Å². The third-order valence-electron chi connectivity index (χ3n) is 3.34. The molecule has 2 rings (SSSR count). The first kappa shape index (κ1) is 12.7. The van der Waals surface area contributed by atoms with Crippen LogP contribution in [0.25, 0.3) is 0 Å². The number of allylic oxidation sites excluding steroid dienone is 2. The molecular weight excluding hydrogens is 228 g/mol. The van der Waals surface area contributed by atoms with Gasteiger partial charge in [-0.15, -0.1) is 0 Å². The number of hydrogen-bond acceptors (Lipinski definition) is 5. The van der Waals surface area contributed by atoms with Gasteiger partial charge in [0.1, 0.15) is 5.82 Å². The van der Waals surface area contributed by atoms with E-state index in [1.165, 1.54) is 0 Å². The summed E-state index contributed by atoms with van der Waals surface area (Å²) >= 11 is 0. The summed E-state index contributed by atoms with van der Waals surface area (Å²) in [7, 11) is 1.79. The lowest BCUT2D eigenvalue weighted by Gasteiger charge is -2.24. The average molecular weight is 248 g/mol. The molecule has 1 aliphatic rings. The Morgan fingerprint density at radius 1 is 1.39 bits per heavy atom. The largest absolute Gasteiger partial charge is 0.477 e. The second-order valence-corrected chi connectivity index (χ2v) is 4.69. The Bertz CT molecular complexity index is 433. The molecule has 0 bridgehead atoms. The molecule has 1 heterocycles. The number of anilines is 2. The maximum atomic E-state index is 5.73. The van der Waals surface area contributed by atoms with E-state index in [0.717, 1.165) is 12.8 Å². The van der Waals surface area contributed by atoms with E-state index in [1.807, 2.05) is 0 Å². The number of nitrogen functional groups attached to an aromatic ring is 1. The van der Waals surface area contributed by atoms with Crippen LogP contribution in [0.15, 0.2) is 18.2 Å². The Labute approximate surface area is 107 Å². The molecule has 18 heavy (non-hydrogen) atoms. The Balaban J connectivity index is 1.97. The topological polar surface area (TPSA) is 73.1 Å². The zero-order valence-corrected chi connectivity index (χ0v) is 10.9. The molecule has 2 unspecified atom stereocenters. The molecule has 0 spiro atoms. The standard InChI is InChI=1S/C13H20N4O/c1-9-5-3-4-6-10(9)8-18-12-7-11(15-2)16-13(14)17-12/h3-4,7,9-10H,5-6,8H2,1-2H3,(H3,14,15,16,17). The molecule has 0 aromatic carbocycles. The zero-order valence-electron chi connectivity index (χ0n) is 10.9. The number of ether oxygens (including phenoxy) is 1. The molecule has 0 fully saturated rings. The first-order valence-electron chi connectivity index (χ1n) is 6.29. The van der Waals surface area contributed by atoms with Gasteiger partial charge in [0.2, 0.25) is 11.8 Å². The van der Waals surface area contributed by atoms with Crippen molar-refractivity contribution in [1.29, 1.82) is 0 Å². The molecule has 0 radical (unpaired) electrons. The molecule has 0 aliphatic heterocycles. The van der Waals surface area contributed by atoms with Crippen LogP contribution in [0.2, 0.25) is 0 Å². The molecule has 0 saturated heterocycles. The summed E-state index contributed by atoms with van der Waals surface area (Å²) in [5.41, 5.74) is 5.62. The molecule has 1 aromatic heterocycles. The Morgan fingerprint density at radius 3 is 2.89 bits per heavy atom. The van der Waals surface area contributed by atoms with Crippen molar-refractivity contribution in [1.82, 2.24) is 9.97 Å². The van der Waals surface area contributed by atoms with Gasteiger partial charge in [-0.05, 0) is 24.7 Å². The van der Waals surface area contributed by atoms with Gasteiger partial charge in [0, 0.05) is 13.1 Å². The first-order chi connectivity index (χ1) is 8.69. The molecule has 0 saturated carbocycles. The minimum absolute atomic E-state index is 0.230. The van der Waals surface area contributed by atoms with Crippen molar-refractivity contribution >= 4 is 11.8 Å². The molecule has 1 aliphatic carbocycles. The van der Waals surface area contributed by atoms with Crippen molar-refractivity contribution in [3.63, 3.8) is 0 Å². The Hall–Kier alpha value is -1.78. The van der Waals surface area contributed by atoms with Gasteiger partial charge >= 0.3 is 0 Å². The summed E-state index contributed by atoms with van der Waals surface area (Å²) in [6, 6.07) is 1.76. The summed E-state index contributed by atoms with van der Waals surface area (Å²) in [4.78, 5) is 8.10. The fourth-order valence-electron chi connectivity index (χ4n) is 2.08. The molecule has 98 valence electrons. The molecule has 5 heteroatoms. The van der Waals surface area contributed by atoms with Crippen LogP contribution in [-0.2, 0) is 0 Å². The van der Waals surface area contributed by atoms with Crippen molar-refractivity contribution in [2.24, 2.45) is 11.8 Å². The summed E-state index contributed by atoms with van der Waals surface area (Å²) in [6.07, 6.45) is 6.66. The van der Waals surface area contributed by atoms with Gasteiger partial charge in [-0.1, -0.05) is 19.1 Å². The van der Waals surface area contributed by atoms with Crippen LogP contribution in [0, 0.1) is 11.8 Å². The lowest BCUT2D eigenvalue weighted by Crippen LogP contribution is -2.21. The van der Waals surface area contributed by atoms with E-state index in [9.17, 15) is 0 Å². The number of nitrogens with two attached hydrogens (primary N) is 1. The number of aromatic nitrogens is 2. The highest BCUT2D eigenvalue weighted by Gasteiger charge is 2.19. The Morgan fingerprint density at radius 2 is 2.17 bits per heavy atom. The maximum Gasteiger partial charge on any atom is 0.225 e. The predicted molar refractivity (Wildman–Crippen MR) is 72.5 cm³/mol. The van der Waals surface area contributed by atoms with E-state index in [-0.39, 0.29) is 5.95 Å². The monoisotopic (exact) mass is 248 g/mol. The summed E-state index contributed by atoms with van der Waals surface area (Å²) in [5, 5.41) is 2.93. The van der Waals surface area contributed by atoms with Gasteiger partial charge in [-0.2, -0.15) is 9.97 Å². The number of hydrogen-bond donors (Lipinski definition) is 2. The molecule has 0 amide bonds. The summed E-state index contributed by atoms with van der Waals surface area (Å²) in [6.45, 7) is 2.93. The van der Waals surface area contributed by atoms with E-state index >= 15 is 0 Å². The number of nitrogens with zero attached hydrogens (tertiary/aromatic N) is 2. The maximum absolute atomic E-state index is 5.73. The van der Waals surface area contributed by atoms with Crippen LogP contribution in [0.5, 0.6) is 5.88 Å². The van der Waals surface area contributed by atoms with Gasteiger partial charge in [0.15, 0.2) is 0 Å². The number of rotatable bonds is 4. The van der Waals surface area contributed by atoms with Crippen molar-refractivity contribution < 1.29 is 4.74 Å². The molecule has 3 N–H and O–H groups in total. The summed E-state index contributed by atoms with van der Waals surface area (Å²) in [5.74, 6) is 2.64. The number of nitrogens with one attached hydrogen (secondary N) is 1. The average Bonchev–Trinajstić information content (AvgIpc) is 2.37. The smallest absolute Gasteiger partial charge is 0.225 e. The highest BCUT2D eigenvalue weighted by molar-refractivity contribution is 5.42.